The Bertz CT molecular complexity index is 1240. The Morgan fingerprint density at radius 2 is 1.82 bits per heavy atom. The number of dihydropyridines is 1. The van der Waals surface area contributed by atoms with E-state index in [-0.39, 0.29) is 11.7 Å². The topological polar surface area (TPSA) is 91.2 Å². The van der Waals surface area contributed by atoms with Gasteiger partial charge in [0.1, 0.15) is 0 Å². The number of nitriles is 1. The van der Waals surface area contributed by atoms with Crippen LogP contribution in [0.25, 0.3) is 0 Å². The molecule has 0 radical (unpaired) electrons. The lowest BCUT2D eigenvalue weighted by molar-refractivity contribution is -0.136. The summed E-state index contributed by atoms with van der Waals surface area (Å²) in [6, 6.07) is 13.3. The van der Waals surface area contributed by atoms with Gasteiger partial charge in [0.2, 0.25) is 5.91 Å². The maximum absolute atomic E-state index is 12.8. The van der Waals surface area contributed by atoms with Crippen molar-refractivity contribution in [2.45, 2.75) is 33.6 Å². The van der Waals surface area contributed by atoms with Crippen LogP contribution >= 0.6 is 23.4 Å². The molecular formula is C26H26ClN3O3S. The van der Waals surface area contributed by atoms with Crippen molar-refractivity contribution in [1.29, 1.82) is 5.26 Å². The third-order valence-electron chi connectivity index (χ3n) is 5.56. The Balaban J connectivity index is 1.92. The van der Waals surface area contributed by atoms with E-state index in [2.05, 4.69) is 16.7 Å². The molecule has 1 amide bonds. The number of nitrogens with zero attached hydrogens (tertiary/aromatic N) is 1. The summed E-state index contributed by atoms with van der Waals surface area (Å²) in [7, 11) is 1.30. The Labute approximate surface area is 209 Å². The highest BCUT2D eigenvalue weighted by atomic mass is 35.5. The number of esters is 1. The van der Waals surface area contributed by atoms with Gasteiger partial charge < -0.3 is 15.4 Å². The number of thioether (sulfide) groups is 1. The predicted molar refractivity (Wildman–Crippen MR) is 136 cm³/mol. The molecule has 6 nitrogen and oxygen atoms in total. The normalized spacial score (nSPS) is 15.5. The molecule has 1 heterocycles. The predicted octanol–water partition coefficient (Wildman–Crippen LogP) is 5.51. The number of hydrogen-bond acceptors (Lipinski definition) is 6. The van der Waals surface area contributed by atoms with Crippen LogP contribution in [0.15, 0.2) is 58.3 Å². The van der Waals surface area contributed by atoms with E-state index in [1.165, 1.54) is 18.9 Å². The fourth-order valence-electron chi connectivity index (χ4n) is 4.12. The minimum atomic E-state index is -0.709. The molecule has 1 atom stereocenters. The number of methoxy groups -OCH3 is 1. The lowest BCUT2D eigenvalue weighted by Crippen LogP contribution is -2.29. The van der Waals surface area contributed by atoms with Gasteiger partial charge >= 0.3 is 5.97 Å². The molecule has 0 saturated heterocycles. The molecule has 2 aromatic carbocycles. The van der Waals surface area contributed by atoms with Crippen molar-refractivity contribution in [3.05, 3.63) is 85.5 Å². The van der Waals surface area contributed by atoms with Crippen LogP contribution in [0.4, 0.5) is 5.69 Å². The molecule has 0 saturated carbocycles. The summed E-state index contributed by atoms with van der Waals surface area (Å²) in [6.45, 7) is 7.67. The van der Waals surface area contributed by atoms with Crippen molar-refractivity contribution >= 4 is 40.9 Å². The zero-order chi connectivity index (χ0) is 25.0. The summed E-state index contributed by atoms with van der Waals surface area (Å²) in [5.41, 5.74) is 5.69. The standard InChI is InChI=1S/C26H26ClN3O3S/c1-14-10-15(2)24(16(3)11-14)30-21(31)13-34-25-19(12-28)23(18-8-6-7-9-20(18)27)22(17(4)29-25)26(32)33-5/h6-11,23,29H,13H2,1-5H3,(H,30,31)/t23-/m0/s1. The molecular weight excluding hydrogens is 470 g/mol. The first-order valence-electron chi connectivity index (χ1n) is 10.6. The van der Waals surface area contributed by atoms with E-state index in [0.717, 1.165) is 22.4 Å². The first-order chi connectivity index (χ1) is 16.2. The van der Waals surface area contributed by atoms with Gasteiger partial charge in [-0.2, -0.15) is 5.26 Å². The molecule has 0 aromatic heterocycles. The largest absolute Gasteiger partial charge is 0.466 e. The lowest BCUT2D eigenvalue weighted by Gasteiger charge is -2.29. The monoisotopic (exact) mass is 495 g/mol. The SMILES string of the molecule is COC(=O)C1=C(C)NC(SCC(=O)Nc2c(C)cc(C)cc2C)=C(C#N)[C@@H]1c1ccccc1Cl. The Kier molecular flexibility index (Phi) is 8.08. The van der Waals surface area contributed by atoms with Crippen LogP contribution in [0.5, 0.6) is 0 Å². The van der Waals surface area contributed by atoms with Crippen LogP contribution in [0, 0.1) is 32.1 Å². The number of ether oxygens (including phenoxy) is 1. The van der Waals surface area contributed by atoms with Gasteiger partial charge in [-0.05, 0) is 50.5 Å². The van der Waals surface area contributed by atoms with E-state index in [9.17, 15) is 14.9 Å². The highest BCUT2D eigenvalue weighted by Crippen LogP contribution is 2.43. The van der Waals surface area contributed by atoms with Crippen LogP contribution in [0.1, 0.15) is 35.1 Å². The van der Waals surface area contributed by atoms with Crippen molar-refractivity contribution in [3.63, 3.8) is 0 Å². The second-order valence-electron chi connectivity index (χ2n) is 8.07. The minimum absolute atomic E-state index is 0.0797. The smallest absolute Gasteiger partial charge is 0.336 e. The fraction of sp³-hybridized carbons (Fsp3) is 0.269. The van der Waals surface area contributed by atoms with Gasteiger partial charge in [0.25, 0.3) is 0 Å². The van der Waals surface area contributed by atoms with E-state index in [1.807, 2.05) is 32.9 Å². The molecule has 1 aliphatic heterocycles. The van der Waals surface area contributed by atoms with Gasteiger partial charge in [0.15, 0.2) is 0 Å². The molecule has 2 N–H and O–H groups in total. The molecule has 3 rings (SSSR count). The average molecular weight is 496 g/mol. The molecule has 176 valence electrons. The second-order valence-corrected chi connectivity index (χ2v) is 9.47. The number of nitrogens with one attached hydrogen (secondary N) is 2. The molecule has 1 aliphatic rings. The number of hydrogen-bond donors (Lipinski definition) is 2. The van der Waals surface area contributed by atoms with Gasteiger partial charge in [0, 0.05) is 16.4 Å². The lowest BCUT2D eigenvalue weighted by atomic mass is 9.82. The summed E-state index contributed by atoms with van der Waals surface area (Å²) < 4.78 is 4.99. The van der Waals surface area contributed by atoms with Crippen molar-refractivity contribution in [2.75, 3.05) is 18.2 Å². The molecule has 8 heteroatoms. The third kappa shape index (κ3) is 5.30. The van der Waals surface area contributed by atoms with Gasteiger partial charge in [-0.3, -0.25) is 4.79 Å². The number of carbonyl (C=O) groups is 2. The second kappa shape index (κ2) is 10.8. The summed E-state index contributed by atoms with van der Waals surface area (Å²) in [4.78, 5) is 25.4. The minimum Gasteiger partial charge on any atom is -0.466 e. The van der Waals surface area contributed by atoms with Crippen molar-refractivity contribution in [2.24, 2.45) is 0 Å². The van der Waals surface area contributed by atoms with Crippen molar-refractivity contribution in [3.8, 4) is 6.07 Å². The molecule has 0 aliphatic carbocycles. The number of amides is 1. The summed E-state index contributed by atoms with van der Waals surface area (Å²) >= 11 is 7.66. The van der Waals surface area contributed by atoms with E-state index >= 15 is 0 Å². The molecule has 0 fully saturated rings. The maximum atomic E-state index is 12.8. The van der Waals surface area contributed by atoms with E-state index in [0.29, 0.717) is 32.5 Å². The van der Waals surface area contributed by atoms with Gasteiger partial charge in [-0.15, -0.1) is 0 Å². The summed E-state index contributed by atoms with van der Waals surface area (Å²) in [6.07, 6.45) is 0. The maximum Gasteiger partial charge on any atom is 0.336 e. The fourth-order valence-corrected chi connectivity index (χ4v) is 5.25. The van der Waals surface area contributed by atoms with Gasteiger partial charge in [-0.1, -0.05) is 59.3 Å². The summed E-state index contributed by atoms with van der Waals surface area (Å²) in [5.74, 6) is -1.37. The first kappa shape index (κ1) is 25.4. The number of carbonyl (C=O) groups excluding carboxylic acids is 2. The Morgan fingerprint density at radius 1 is 1.18 bits per heavy atom. The van der Waals surface area contributed by atoms with Crippen LogP contribution in [0.2, 0.25) is 5.02 Å². The van der Waals surface area contributed by atoms with Crippen LogP contribution in [-0.2, 0) is 14.3 Å². The van der Waals surface area contributed by atoms with E-state index < -0.39 is 11.9 Å². The van der Waals surface area contributed by atoms with Crippen LogP contribution in [0.3, 0.4) is 0 Å². The van der Waals surface area contributed by atoms with Gasteiger partial charge in [-0.25, -0.2) is 4.79 Å². The zero-order valence-electron chi connectivity index (χ0n) is 19.7. The Morgan fingerprint density at radius 3 is 2.41 bits per heavy atom. The molecule has 0 unspecified atom stereocenters. The molecule has 0 spiro atoms. The highest BCUT2D eigenvalue weighted by molar-refractivity contribution is 8.03. The quantitative estimate of drug-likeness (QED) is 0.514. The highest BCUT2D eigenvalue weighted by Gasteiger charge is 2.36. The van der Waals surface area contributed by atoms with Crippen molar-refractivity contribution in [1.82, 2.24) is 5.32 Å². The molecule has 0 bridgehead atoms. The number of allylic oxidation sites excluding steroid dienone is 2. The number of benzene rings is 2. The van der Waals surface area contributed by atoms with E-state index in [1.54, 1.807) is 31.2 Å². The zero-order valence-corrected chi connectivity index (χ0v) is 21.3. The number of aryl methyl sites for hydroxylation is 3. The average Bonchev–Trinajstić information content (AvgIpc) is 2.79. The first-order valence-corrected chi connectivity index (χ1v) is 12.0. The third-order valence-corrected chi connectivity index (χ3v) is 6.92. The number of halogens is 1. The van der Waals surface area contributed by atoms with E-state index in [4.69, 9.17) is 16.3 Å². The van der Waals surface area contributed by atoms with Crippen LogP contribution < -0.4 is 10.6 Å². The van der Waals surface area contributed by atoms with Gasteiger partial charge in [0.05, 0.1) is 41.0 Å². The van der Waals surface area contributed by atoms with Crippen molar-refractivity contribution < 1.29 is 14.3 Å². The number of anilines is 1. The Hall–Kier alpha value is -3.21. The number of rotatable bonds is 6. The van der Waals surface area contributed by atoms with Crippen LogP contribution in [-0.4, -0.2) is 24.7 Å². The molecule has 34 heavy (non-hydrogen) atoms. The summed E-state index contributed by atoms with van der Waals surface area (Å²) in [5, 5.41) is 17.1. The molecule has 2 aromatic rings.